The molecule has 1 N–H and O–H groups in total. The molecule has 0 aliphatic heterocycles. The van der Waals surface area contributed by atoms with Crippen LogP contribution in [-0.2, 0) is 0 Å². The Balaban J connectivity index is 1.95. The number of halogens is 2. The Hall–Kier alpha value is -1.37. The lowest BCUT2D eigenvalue weighted by molar-refractivity contribution is 0.324. The third kappa shape index (κ3) is 5.64. The van der Waals surface area contributed by atoms with Crippen molar-refractivity contribution in [2.75, 3.05) is 30.7 Å². The Kier molecular flexibility index (Phi) is 7.08. The predicted molar refractivity (Wildman–Crippen MR) is 95.2 cm³/mol. The van der Waals surface area contributed by atoms with E-state index in [0.717, 1.165) is 30.4 Å². The highest BCUT2D eigenvalue weighted by molar-refractivity contribution is 7.99. The summed E-state index contributed by atoms with van der Waals surface area (Å²) in [5.74, 6) is 1.000. The van der Waals surface area contributed by atoms with Gasteiger partial charge in [-0.25, -0.2) is 14.4 Å². The zero-order valence-corrected chi connectivity index (χ0v) is 14.8. The Bertz CT molecular complexity index is 637. The van der Waals surface area contributed by atoms with Gasteiger partial charge in [-0.3, -0.25) is 0 Å². The van der Waals surface area contributed by atoms with Gasteiger partial charge in [-0.05, 0) is 37.4 Å². The summed E-state index contributed by atoms with van der Waals surface area (Å²) in [7, 11) is 0. The highest BCUT2D eigenvalue weighted by Gasteiger charge is 2.05. The Morgan fingerprint density at radius 1 is 1.26 bits per heavy atom. The second kappa shape index (κ2) is 9.05. The summed E-state index contributed by atoms with van der Waals surface area (Å²) in [5, 5.41) is 4.01. The van der Waals surface area contributed by atoms with E-state index in [-0.39, 0.29) is 5.02 Å². The number of rotatable bonds is 8. The fourth-order valence-electron chi connectivity index (χ4n) is 2.00. The number of thioether (sulfide) groups is 1. The second-order valence-corrected chi connectivity index (χ2v) is 6.37. The fraction of sp³-hybridized carbons (Fsp3) is 0.375. The van der Waals surface area contributed by atoms with Crippen LogP contribution in [0.3, 0.4) is 0 Å². The molecule has 0 saturated carbocycles. The molecule has 0 spiro atoms. The van der Waals surface area contributed by atoms with Gasteiger partial charge in [-0.1, -0.05) is 25.4 Å². The first-order valence-electron chi connectivity index (χ1n) is 7.52. The molecule has 0 aliphatic rings. The van der Waals surface area contributed by atoms with Crippen LogP contribution in [0.2, 0.25) is 5.02 Å². The van der Waals surface area contributed by atoms with Gasteiger partial charge in [0, 0.05) is 24.2 Å². The van der Waals surface area contributed by atoms with E-state index < -0.39 is 5.82 Å². The van der Waals surface area contributed by atoms with Crippen LogP contribution in [0.5, 0.6) is 0 Å². The van der Waals surface area contributed by atoms with E-state index in [1.165, 1.54) is 12.1 Å². The van der Waals surface area contributed by atoms with Gasteiger partial charge in [0.1, 0.15) is 10.8 Å². The molecule has 1 heterocycles. The summed E-state index contributed by atoms with van der Waals surface area (Å²) >= 11 is 7.46. The summed E-state index contributed by atoms with van der Waals surface area (Å²) < 4.78 is 13.2. The van der Waals surface area contributed by atoms with Gasteiger partial charge in [-0.15, -0.1) is 11.8 Å². The molecule has 1 aromatic carbocycles. The maximum Gasteiger partial charge on any atom is 0.228 e. The molecule has 0 bridgehead atoms. The van der Waals surface area contributed by atoms with Crippen LogP contribution in [-0.4, -0.2) is 40.3 Å². The maximum atomic E-state index is 13.2. The molecule has 2 rings (SSSR count). The van der Waals surface area contributed by atoms with Gasteiger partial charge < -0.3 is 10.2 Å². The smallest absolute Gasteiger partial charge is 0.228 e. The van der Waals surface area contributed by atoms with Crippen molar-refractivity contribution in [1.82, 2.24) is 14.9 Å². The SMILES string of the molecule is CCN(CC)CCSc1ccnc(Nc2ccc(F)c(Cl)c2)n1. The van der Waals surface area contributed by atoms with Gasteiger partial charge in [0.25, 0.3) is 0 Å². The van der Waals surface area contributed by atoms with Crippen molar-refractivity contribution in [1.29, 1.82) is 0 Å². The van der Waals surface area contributed by atoms with E-state index in [1.54, 1.807) is 24.0 Å². The quantitative estimate of drug-likeness (QED) is 0.560. The zero-order valence-electron chi connectivity index (χ0n) is 13.2. The van der Waals surface area contributed by atoms with Crippen molar-refractivity contribution < 1.29 is 4.39 Å². The molecule has 0 unspecified atom stereocenters. The third-order valence-corrected chi connectivity index (χ3v) is 4.56. The highest BCUT2D eigenvalue weighted by Crippen LogP contribution is 2.22. The number of nitrogens with zero attached hydrogens (tertiary/aromatic N) is 3. The average Bonchev–Trinajstić information content (AvgIpc) is 2.55. The number of anilines is 2. The van der Waals surface area contributed by atoms with Crippen LogP contribution in [0.1, 0.15) is 13.8 Å². The molecule has 1 aromatic heterocycles. The maximum absolute atomic E-state index is 13.2. The minimum Gasteiger partial charge on any atom is -0.324 e. The Morgan fingerprint density at radius 2 is 2.04 bits per heavy atom. The van der Waals surface area contributed by atoms with Crippen LogP contribution < -0.4 is 5.32 Å². The fourth-order valence-corrected chi connectivity index (χ4v) is 3.05. The summed E-state index contributed by atoms with van der Waals surface area (Å²) in [6.07, 6.45) is 1.71. The monoisotopic (exact) mass is 354 g/mol. The Morgan fingerprint density at radius 3 is 2.74 bits per heavy atom. The first-order valence-corrected chi connectivity index (χ1v) is 8.89. The van der Waals surface area contributed by atoms with Crippen LogP contribution in [0.25, 0.3) is 0 Å². The molecule has 0 saturated heterocycles. The second-order valence-electron chi connectivity index (χ2n) is 4.85. The molecule has 4 nitrogen and oxygen atoms in total. The number of nitrogens with one attached hydrogen (secondary N) is 1. The van der Waals surface area contributed by atoms with Crippen molar-refractivity contribution in [3.8, 4) is 0 Å². The normalized spacial score (nSPS) is 11.0. The lowest BCUT2D eigenvalue weighted by atomic mass is 10.3. The highest BCUT2D eigenvalue weighted by atomic mass is 35.5. The van der Waals surface area contributed by atoms with E-state index in [1.807, 2.05) is 6.07 Å². The van der Waals surface area contributed by atoms with Gasteiger partial charge in [0.05, 0.1) is 5.02 Å². The molecule has 0 atom stereocenters. The molecular formula is C16H20ClFN4S. The summed E-state index contributed by atoms with van der Waals surface area (Å²) in [4.78, 5) is 11.0. The summed E-state index contributed by atoms with van der Waals surface area (Å²) in [6, 6.07) is 6.31. The molecule has 23 heavy (non-hydrogen) atoms. The van der Waals surface area contributed by atoms with E-state index in [2.05, 4.69) is 34.0 Å². The van der Waals surface area contributed by atoms with E-state index >= 15 is 0 Å². The van der Waals surface area contributed by atoms with Crippen molar-refractivity contribution >= 4 is 35.0 Å². The first-order chi connectivity index (χ1) is 11.1. The third-order valence-electron chi connectivity index (χ3n) is 3.36. The van der Waals surface area contributed by atoms with Crippen molar-refractivity contribution in [2.45, 2.75) is 18.9 Å². The molecule has 124 valence electrons. The molecular weight excluding hydrogens is 335 g/mol. The summed E-state index contributed by atoms with van der Waals surface area (Å²) in [6.45, 7) is 7.46. The minimum atomic E-state index is -0.446. The summed E-state index contributed by atoms with van der Waals surface area (Å²) in [5.41, 5.74) is 0.654. The van der Waals surface area contributed by atoms with E-state index in [0.29, 0.717) is 11.6 Å². The standard InChI is InChI=1S/C16H20ClFN4S/c1-3-22(4-2)9-10-23-15-7-8-19-16(21-15)20-12-5-6-14(18)13(17)11-12/h5-8,11H,3-4,9-10H2,1-2H3,(H,19,20,21). The van der Waals surface area contributed by atoms with Gasteiger partial charge in [0.15, 0.2) is 0 Å². The van der Waals surface area contributed by atoms with E-state index in [4.69, 9.17) is 11.6 Å². The number of benzene rings is 1. The lowest BCUT2D eigenvalue weighted by Crippen LogP contribution is -2.25. The number of aromatic nitrogens is 2. The van der Waals surface area contributed by atoms with Gasteiger partial charge in [-0.2, -0.15) is 0 Å². The molecule has 0 fully saturated rings. The van der Waals surface area contributed by atoms with Crippen molar-refractivity contribution in [2.24, 2.45) is 0 Å². The zero-order chi connectivity index (χ0) is 16.7. The van der Waals surface area contributed by atoms with Crippen LogP contribution in [0.4, 0.5) is 16.0 Å². The van der Waals surface area contributed by atoms with Crippen molar-refractivity contribution in [3.63, 3.8) is 0 Å². The first kappa shape index (κ1) is 18.0. The van der Waals surface area contributed by atoms with Crippen LogP contribution >= 0.6 is 23.4 Å². The molecule has 7 heteroatoms. The topological polar surface area (TPSA) is 41.1 Å². The van der Waals surface area contributed by atoms with Gasteiger partial charge in [0.2, 0.25) is 5.95 Å². The lowest BCUT2D eigenvalue weighted by Gasteiger charge is -2.17. The van der Waals surface area contributed by atoms with Crippen molar-refractivity contribution in [3.05, 3.63) is 41.3 Å². The Labute approximate surface area is 145 Å². The number of hydrogen-bond donors (Lipinski definition) is 1. The molecule has 0 aliphatic carbocycles. The molecule has 0 radical (unpaired) electrons. The average molecular weight is 355 g/mol. The molecule has 0 amide bonds. The van der Waals surface area contributed by atoms with E-state index in [9.17, 15) is 4.39 Å². The number of hydrogen-bond acceptors (Lipinski definition) is 5. The van der Waals surface area contributed by atoms with Gasteiger partial charge >= 0.3 is 0 Å². The predicted octanol–water partition coefficient (Wildman–Crippen LogP) is 4.45. The minimum absolute atomic E-state index is 0.0692. The largest absolute Gasteiger partial charge is 0.324 e. The molecule has 2 aromatic rings. The van der Waals surface area contributed by atoms with Crippen LogP contribution in [0.15, 0.2) is 35.5 Å². The van der Waals surface area contributed by atoms with Crippen LogP contribution in [0, 0.1) is 5.82 Å².